The van der Waals surface area contributed by atoms with Gasteiger partial charge in [-0.1, -0.05) is 18.2 Å². The summed E-state index contributed by atoms with van der Waals surface area (Å²) < 4.78 is 5.03. The largest absolute Gasteiger partial charge is 0.497 e. The zero-order chi connectivity index (χ0) is 15.2. The first-order valence-electron chi connectivity index (χ1n) is 6.30. The molecule has 2 aromatic carbocycles. The van der Waals surface area contributed by atoms with Crippen molar-refractivity contribution in [3.8, 4) is 5.75 Å². The van der Waals surface area contributed by atoms with E-state index in [4.69, 9.17) is 9.84 Å². The minimum Gasteiger partial charge on any atom is -0.497 e. The van der Waals surface area contributed by atoms with E-state index in [1.54, 1.807) is 49.6 Å². The Bertz CT molecular complexity index is 684. The van der Waals surface area contributed by atoms with Gasteiger partial charge in [-0.05, 0) is 48.0 Å². The summed E-state index contributed by atoms with van der Waals surface area (Å²) in [7, 11) is 1.56. The van der Waals surface area contributed by atoms with Gasteiger partial charge in [-0.2, -0.15) is 0 Å². The minimum absolute atomic E-state index is 0.154. The summed E-state index contributed by atoms with van der Waals surface area (Å²) in [6, 6.07) is 13.2. The van der Waals surface area contributed by atoms with Crippen LogP contribution in [-0.4, -0.2) is 24.0 Å². The monoisotopic (exact) mass is 282 g/mol. The van der Waals surface area contributed by atoms with Crippen molar-refractivity contribution in [2.45, 2.75) is 0 Å². The molecule has 4 nitrogen and oxygen atoms in total. The molecule has 0 aliphatic heterocycles. The first-order chi connectivity index (χ1) is 10.1. The third-order valence-electron chi connectivity index (χ3n) is 2.94. The lowest BCUT2D eigenvalue weighted by atomic mass is 10.1. The first-order valence-corrected chi connectivity index (χ1v) is 6.30. The zero-order valence-electron chi connectivity index (χ0n) is 11.4. The number of ketones is 1. The Hall–Kier alpha value is -2.88. The average molecular weight is 282 g/mol. The summed E-state index contributed by atoms with van der Waals surface area (Å²) in [5.41, 5.74) is 1.40. The molecule has 21 heavy (non-hydrogen) atoms. The lowest BCUT2D eigenvalue weighted by Gasteiger charge is -2.00. The van der Waals surface area contributed by atoms with Crippen molar-refractivity contribution in [3.63, 3.8) is 0 Å². The normalized spacial score (nSPS) is 10.5. The molecular weight excluding hydrogens is 268 g/mol. The van der Waals surface area contributed by atoms with Crippen molar-refractivity contribution < 1.29 is 19.4 Å². The van der Waals surface area contributed by atoms with E-state index in [0.717, 1.165) is 0 Å². The molecule has 0 atom stereocenters. The highest BCUT2D eigenvalue weighted by atomic mass is 16.5. The molecule has 0 saturated carbocycles. The summed E-state index contributed by atoms with van der Waals surface area (Å²) in [5, 5.41) is 8.91. The van der Waals surface area contributed by atoms with Gasteiger partial charge in [0.15, 0.2) is 5.78 Å². The van der Waals surface area contributed by atoms with Crippen molar-refractivity contribution in [2.24, 2.45) is 0 Å². The quantitative estimate of drug-likeness (QED) is 0.675. The van der Waals surface area contributed by atoms with Gasteiger partial charge in [-0.3, -0.25) is 4.79 Å². The average Bonchev–Trinajstić information content (AvgIpc) is 2.53. The molecule has 0 fully saturated rings. The molecule has 0 aliphatic rings. The summed E-state index contributed by atoms with van der Waals surface area (Å²) in [6.07, 6.45) is 3.02. The molecule has 106 valence electrons. The zero-order valence-corrected chi connectivity index (χ0v) is 11.4. The van der Waals surface area contributed by atoms with Gasteiger partial charge < -0.3 is 9.84 Å². The predicted octanol–water partition coefficient (Wildman–Crippen LogP) is 3.29. The maximum absolute atomic E-state index is 12.0. The van der Waals surface area contributed by atoms with Crippen molar-refractivity contribution >= 4 is 17.8 Å². The minimum atomic E-state index is -0.994. The number of carboxylic acid groups (broad SMARTS) is 1. The Labute approximate surface area is 122 Å². The van der Waals surface area contributed by atoms with Crippen LogP contribution in [0.4, 0.5) is 0 Å². The third-order valence-corrected chi connectivity index (χ3v) is 2.94. The summed E-state index contributed by atoms with van der Waals surface area (Å²) in [6.45, 7) is 0. The fourth-order valence-electron chi connectivity index (χ4n) is 1.80. The summed E-state index contributed by atoms with van der Waals surface area (Å²) in [4.78, 5) is 22.9. The molecule has 1 N–H and O–H groups in total. The number of carbonyl (C=O) groups excluding carboxylic acids is 1. The molecule has 0 amide bonds. The fraction of sp³-hybridized carbons (Fsp3) is 0.0588. The highest BCUT2D eigenvalue weighted by Gasteiger charge is 2.03. The van der Waals surface area contributed by atoms with Gasteiger partial charge in [0.25, 0.3) is 0 Å². The van der Waals surface area contributed by atoms with Crippen molar-refractivity contribution in [3.05, 3.63) is 71.3 Å². The van der Waals surface area contributed by atoms with Gasteiger partial charge in [0.2, 0.25) is 0 Å². The highest BCUT2D eigenvalue weighted by Crippen LogP contribution is 2.13. The van der Waals surface area contributed by atoms with E-state index in [2.05, 4.69) is 0 Å². The number of allylic oxidation sites excluding steroid dienone is 1. The van der Waals surface area contributed by atoms with E-state index in [1.807, 2.05) is 0 Å². The molecule has 0 spiro atoms. The molecule has 0 aliphatic carbocycles. The Morgan fingerprint density at radius 2 is 1.76 bits per heavy atom. The number of hydrogen-bond donors (Lipinski definition) is 1. The maximum Gasteiger partial charge on any atom is 0.335 e. The van der Waals surface area contributed by atoms with E-state index in [0.29, 0.717) is 16.9 Å². The molecule has 0 heterocycles. The van der Waals surface area contributed by atoms with E-state index >= 15 is 0 Å². The molecule has 2 rings (SSSR count). The molecule has 2 aromatic rings. The highest BCUT2D eigenvalue weighted by molar-refractivity contribution is 6.06. The van der Waals surface area contributed by atoms with Gasteiger partial charge in [0.05, 0.1) is 12.7 Å². The molecule has 0 bridgehead atoms. The lowest BCUT2D eigenvalue weighted by Crippen LogP contribution is -1.96. The topological polar surface area (TPSA) is 63.6 Å². The van der Waals surface area contributed by atoms with Crippen molar-refractivity contribution in [1.29, 1.82) is 0 Å². The Morgan fingerprint density at radius 3 is 2.38 bits per heavy atom. The Balaban J connectivity index is 2.14. The number of methoxy groups -OCH3 is 1. The van der Waals surface area contributed by atoms with Gasteiger partial charge in [-0.25, -0.2) is 4.79 Å². The molecule has 4 heteroatoms. The molecular formula is C17H14O4. The smallest absolute Gasteiger partial charge is 0.335 e. The van der Waals surface area contributed by atoms with Crippen molar-refractivity contribution in [2.75, 3.05) is 7.11 Å². The van der Waals surface area contributed by atoms with Crippen LogP contribution in [-0.2, 0) is 0 Å². The second kappa shape index (κ2) is 6.52. The van der Waals surface area contributed by atoms with Crippen LogP contribution in [0.3, 0.4) is 0 Å². The van der Waals surface area contributed by atoms with Gasteiger partial charge >= 0.3 is 5.97 Å². The molecule has 0 radical (unpaired) electrons. The Morgan fingerprint density at radius 1 is 1.05 bits per heavy atom. The predicted molar refractivity (Wildman–Crippen MR) is 79.8 cm³/mol. The maximum atomic E-state index is 12.0. The van der Waals surface area contributed by atoms with Gasteiger partial charge in [0, 0.05) is 5.56 Å². The number of rotatable bonds is 5. The lowest BCUT2D eigenvalue weighted by molar-refractivity contribution is 0.0696. The van der Waals surface area contributed by atoms with E-state index in [9.17, 15) is 9.59 Å². The first kappa shape index (κ1) is 14.5. The molecule has 0 saturated heterocycles. The number of aromatic carboxylic acids is 1. The number of ether oxygens (including phenoxy) is 1. The number of hydrogen-bond acceptors (Lipinski definition) is 3. The second-order valence-corrected chi connectivity index (χ2v) is 4.36. The number of carbonyl (C=O) groups is 2. The van der Waals surface area contributed by atoms with Crippen LogP contribution in [0.25, 0.3) is 6.08 Å². The molecule has 0 unspecified atom stereocenters. The third kappa shape index (κ3) is 3.79. The van der Waals surface area contributed by atoms with Crippen molar-refractivity contribution in [1.82, 2.24) is 0 Å². The van der Waals surface area contributed by atoms with Crippen LogP contribution in [0, 0.1) is 0 Å². The van der Waals surface area contributed by atoms with Crippen LogP contribution < -0.4 is 4.74 Å². The fourth-order valence-corrected chi connectivity index (χ4v) is 1.80. The number of carboxylic acids is 1. The summed E-state index contributed by atoms with van der Waals surface area (Å²) >= 11 is 0. The van der Waals surface area contributed by atoms with Gasteiger partial charge in [0.1, 0.15) is 5.75 Å². The van der Waals surface area contributed by atoms with Crippen LogP contribution >= 0.6 is 0 Å². The second-order valence-electron chi connectivity index (χ2n) is 4.36. The van der Waals surface area contributed by atoms with E-state index in [-0.39, 0.29) is 11.3 Å². The van der Waals surface area contributed by atoms with Crippen LogP contribution in [0.1, 0.15) is 26.3 Å². The van der Waals surface area contributed by atoms with Crippen LogP contribution in [0.5, 0.6) is 5.75 Å². The van der Waals surface area contributed by atoms with E-state index < -0.39 is 5.97 Å². The van der Waals surface area contributed by atoms with Crippen LogP contribution in [0.15, 0.2) is 54.6 Å². The van der Waals surface area contributed by atoms with Crippen LogP contribution in [0.2, 0.25) is 0 Å². The van der Waals surface area contributed by atoms with Gasteiger partial charge in [-0.15, -0.1) is 0 Å². The standard InChI is InChI=1S/C17H14O4/c1-21-15-8-6-13(7-9-15)16(18)10-5-12-3-2-4-14(11-12)17(19)20/h2-11H,1H3,(H,19,20). The Kier molecular flexibility index (Phi) is 4.51. The SMILES string of the molecule is COc1ccc(C(=O)C=Cc2cccc(C(=O)O)c2)cc1. The molecule has 0 aromatic heterocycles. The van der Waals surface area contributed by atoms with E-state index in [1.165, 1.54) is 18.2 Å². The number of benzene rings is 2. The summed E-state index contributed by atoms with van der Waals surface area (Å²) in [5.74, 6) is -0.463.